The summed E-state index contributed by atoms with van der Waals surface area (Å²) in [6, 6.07) is 2.19. The molecular formula is C10H7F4N5O. The number of halogens is 4. The molecule has 0 unspecified atom stereocenters. The minimum atomic E-state index is -4.83. The van der Waals surface area contributed by atoms with E-state index in [2.05, 4.69) is 19.9 Å². The molecule has 0 saturated carbocycles. The normalized spacial score (nSPS) is 12.7. The Kier molecular flexibility index (Phi) is 3.30. The van der Waals surface area contributed by atoms with Crippen LogP contribution < -0.4 is 11.5 Å². The highest BCUT2D eigenvalue weighted by Crippen LogP contribution is 2.33. The number of hydrogen-bond acceptors (Lipinski definition) is 5. The number of hydrogen-bond donors (Lipinski definition) is 2. The highest BCUT2D eigenvalue weighted by atomic mass is 19.4. The first kappa shape index (κ1) is 13.8. The Morgan fingerprint density at radius 1 is 1.25 bits per heavy atom. The number of nitrogens with two attached hydrogens (primary N) is 2. The summed E-state index contributed by atoms with van der Waals surface area (Å²) in [5.74, 6) is -1.87. The molecule has 1 aromatic heterocycles. The maximum Gasteiger partial charge on any atom is 0.419 e. The van der Waals surface area contributed by atoms with Crippen molar-refractivity contribution in [1.82, 2.24) is 10.3 Å². The highest BCUT2D eigenvalue weighted by Gasteiger charge is 2.34. The second-order valence-corrected chi connectivity index (χ2v) is 3.66. The molecule has 106 valence electrons. The van der Waals surface area contributed by atoms with E-state index in [-0.39, 0.29) is 23.0 Å². The Bertz CT molecular complexity index is 664. The van der Waals surface area contributed by atoms with Crippen LogP contribution in [0, 0.1) is 5.82 Å². The predicted octanol–water partition coefficient (Wildman–Crippen LogP) is 1.85. The zero-order valence-corrected chi connectivity index (χ0v) is 9.65. The second kappa shape index (κ2) is 4.79. The van der Waals surface area contributed by atoms with Crippen LogP contribution in [0.1, 0.15) is 11.3 Å². The smallest absolute Gasteiger partial charge is 0.382 e. The lowest BCUT2D eigenvalue weighted by atomic mass is 10.2. The van der Waals surface area contributed by atoms with Gasteiger partial charge in [0.05, 0.1) is 11.3 Å². The van der Waals surface area contributed by atoms with E-state index < -0.39 is 17.6 Å². The molecule has 4 N–H and O–H groups in total. The lowest BCUT2D eigenvalue weighted by molar-refractivity contribution is -0.139. The molecule has 0 aliphatic heterocycles. The quantitative estimate of drug-likeness (QED) is 0.499. The molecule has 0 radical (unpaired) electrons. The Morgan fingerprint density at radius 3 is 2.50 bits per heavy atom. The third-order valence-electron chi connectivity index (χ3n) is 2.26. The van der Waals surface area contributed by atoms with Gasteiger partial charge in [-0.25, -0.2) is 14.0 Å². The standard InChI is InChI=1S/C10H7F4N5O/c11-6-2-1-4(3-5(6)10(12,13)14)17-8(15)7-9(16)19-20-18-7/h1-3H,(H2,15,17)(H2,16,19). The van der Waals surface area contributed by atoms with Crippen molar-refractivity contribution in [2.24, 2.45) is 10.7 Å². The lowest BCUT2D eigenvalue weighted by Gasteiger charge is -2.08. The average Bonchev–Trinajstić information content (AvgIpc) is 2.76. The summed E-state index contributed by atoms with van der Waals surface area (Å²) < 4.78 is 54.9. The molecule has 1 aromatic carbocycles. The molecule has 2 rings (SSSR count). The molecule has 0 spiro atoms. The van der Waals surface area contributed by atoms with Crippen molar-refractivity contribution in [3.8, 4) is 0 Å². The molecule has 0 bridgehead atoms. The van der Waals surface area contributed by atoms with Crippen LogP contribution in [0.25, 0.3) is 0 Å². The van der Waals surface area contributed by atoms with Gasteiger partial charge >= 0.3 is 6.18 Å². The van der Waals surface area contributed by atoms with Crippen LogP contribution in [0.4, 0.5) is 29.1 Å². The van der Waals surface area contributed by atoms with Crippen LogP contribution in [-0.4, -0.2) is 16.1 Å². The third kappa shape index (κ3) is 2.68. The summed E-state index contributed by atoms with van der Waals surface area (Å²) in [7, 11) is 0. The van der Waals surface area contributed by atoms with Crippen molar-refractivity contribution in [3.05, 3.63) is 35.3 Å². The molecule has 6 nitrogen and oxygen atoms in total. The maximum atomic E-state index is 13.1. The summed E-state index contributed by atoms with van der Waals surface area (Å²) in [6.07, 6.45) is -4.83. The van der Waals surface area contributed by atoms with Crippen LogP contribution in [0.3, 0.4) is 0 Å². The van der Waals surface area contributed by atoms with Gasteiger partial charge in [0.15, 0.2) is 17.3 Å². The van der Waals surface area contributed by atoms with Crippen molar-refractivity contribution in [3.63, 3.8) is 0 Å². The SMILES string of the molecule is NC(=Nc1ccc(F)c(C(F)(F)F)c1)c1nonc1N. The Labute approximate surface area is 109 Å². The first-order chi connectivity index (χ1) is 9.29. The molecule has 0 atom stereocenters. The van der Waals surface area contributed by atoms with Crippen molar-refractivity contribution in [1.29, 1.82) is 0 Å². The van der Waals surface area contributed by atoms with Gasteiger partial charge in [0.2, 0.25) is 0 Å². The summed E-state index contributed by atoms with van der Waals surface area (Å²) >= 11 is 0. The average molecular weight is 289 g/mol. The van der Waals surface area contributed by atoms with Crippen LogP contribution in [0.15, 0.2) is 27.8 Å². The molecule has 0 amide bonds. The highest BCUT2D eigenvalue weighted by molar-refractivity contribution is 6.00. The van der Waals surface area contributed by atoms with Gasteiger partial charge in [0.1, 0.15) is 5.82 Å². The monoisotopic (exact) mass is 289 g/mol. The summed E-state index contributed by atoms with van der Waals surface area (Å²) in [4.78, 5) is 3.66. The Balaban J connectivity index is 2.42. The first-order valence-corrected chi connectivity index (χ1v) is 5.08. The van der Waals surface area contributed by atoms with E-state index in [1.807, 2.05) is 0 Å². The van der Waals surface area contributed by atoms with Crippen LogP contribution in [0.5, 0.6) is 0 Å². The van der Waals surface area contributed by atoms with Gasteiger partial charge in [-0.3, -0.25) is 0 Å². The topological polar surface area (TPSA) is 103 Å². The summed E-state index contributed by atoms with van der Waals surface area (Å²) in [5.41, 5.74) is 9.09. The largest absolute Gasteiger partial charge is 0.419 e. The van der Waals surface area contributed by atoms with Crippen LogP contribution in [0.2, 0.25) is 0 Å². The van der Waals surface area contributed by atoms with E-state index >= 15 is 0 Å². The fourth-order valence-electron chi connectivity index (χ4n) is 1.37. The zero-order chi connectivity index (χ0) is 14.9. The molecular weight excluding hydrogens is 282 g/mol. The Hall–Kier alpha value is -2.65. The van der Waals surface area contributed by atoms with E-state index in [9.17, 15) is 17.6 Å². The van der Waals surface area contributed by atoms with E-state index in [1.165, 1.54) is 0 Å². The number of nitrogen functional groups attached to an aromatic ring is 1. The maximum absolute atomic E-state index is 13.1. The van der Waals surface area contributed by atoms with Gasteiger partial charge in [-0.1, -0.05) is 0 Å². The minimum Gasteiger partial charge on any atom is -0.382 e. The first-order valence-electron chi connectivity index (χ1n) is 5.08. The molecule has 0 fully saturated rings. The fourth-order valence-corrected chi connectivity index (χ4v) is 1.37. The fraction of sp³-hybridized carbons (Fsp3) is 0.100. The van der Waals surface area contributed by atoms with Gasteiger partial charge in [-0.05, 0) is 28.5 Å². The van der Waals surface area contributed by atoms with Crippen molar-refractivity contribution in [2.45, 2.75) is 6.18 Å². The number of nitrogens with zero attached hydrogens (tertiary/aromatic N) is 3. The molecule has 20 heavy (non-hydrogen) atoms. The predicted molar refractivity (Wildman–Crippen MR) is 60.5 cm³/mol. The van der Waals surface area contributed by atoms with Crippen molar-refractivity contribution < 1.29 is 22.2 Å². The lowest BCUT2D eigenvalue weighted by Crippen LogP contribution is -2.15. The van der Waals surface area contributed by atoms with Gasteiger partial charge in [-0.15, -0.1) is 0 Å². The molecule has 2 aromatic rings. The molecule has 0 saturated heterocycles. The zero-order valence-electron chi connectivity index (χ0n) is 9.65. The van der Waals surface area contributed by atoms with Crippen molar-refractivity contribution >= 4 is 17.3 Å². The summed E-state index contributed by atoms with van der Waals surface area (Å²) in [5, 5.41) is 6.58. The summed E-state index contributed by atoms with van der Waals surface area (Å²) in [6.45, 7) is 0. The van der Waals surface area contributed by atoms with E-state index in [0.29, 0.717) is 12.1 Å². The third-order valence-corrected chi connectivity index (χ3v) is 2.26. The number of aliphatic imine (C=N–C) groups is 1. The molecule has 0 aliphatic rings. The van der Waals surface area contributed by atoms with Gasteiger partial charge < -0.3 is 11.5 Å². The van der Waals surface area contributed by atoms with E-state index in [0.717, 1.165) is 6.07 Å². The number of alkyl halides is 3. The number of amidine groups is 1. The van der Waals surface area contributed by atoms with Crippen molar-refractivity contribution in [2.75, 3.05) is 5.73 Å². The molecule has 10 heteroatoms. The van der Waals surface area contributed by atoms with Crippen LogP contribution in [-0.2, 0) is 6.18 Å². The van der Waals surface area contributed by atoms with E-state index in [1.54, 1.807) is 0 Å². The minimum absolute atomic E-state index is 0.108. The van der Waals surface area contributed by atoms with Crippen LogP contribution >= 0.6 is 0 Å². The number of benzene rings is 1. The number of anilines is 1. The Morgan fingerprint density at radius 2 is 1.95 bits per heavy atom. The molecule has 1 heterocycles. The second-order valence-electron chi connectivity index (χ2n) is 3.66. The molecule has 0 aliphatic carbocycles. The van der Waals surface area contributed by atoms with E-state index in [4.69, 9.17) is 11.5 Å². The number of rotatable bonds is 2. The van der Waals surface area contributed by atoms with Gasteiger partial charge in [0, 0.05) is 0 Å². The van der Waals surface area contributed by atoms with Gasteiger partial charge in [-0.2, -0.15) is 13.2 Å². The number of aromatic nitrogens is 2. The van der Waals surface area contributed by atoms with Gasteiger partial charge in [0.25, 0.3) is 0 Å².